The molecule has 0 unspecified atom stereocenters. The number of nitriles is 1. The average molecular weight is 493 g/mol. The summed E-state index contributed by atoms with van der Waals surface area (Å²) in [7, 11) is 0. The summed E-state index contributed by atoms with van der Waals surface area (Å²) in [5.74, 6) is -0.406. The fourth-order valence-electron chi connectivity index (χ4n) is 4.74. The largest absolute Gasteiger partial charge is 0.398 e. The number of rotatable bonds is 5. The van der Waals surface area contributed by atoms with Gasteiger partial charge in [-0.25, -0.2) is 8.91 Å². The van der Waals surface area contributed by atoms with E-state index in [9.17, 15) is 19.9 Å². The van der Waals surface area contributed by atoms with Crippen LogP contribution in [0.4, 0.5) is 10.1 Å². The topological polar surface area (TPSA) is 125 Å². The van der Waals surface area contributed by atoms with Gasteiger partial charge in [0.25, 0.3) is 0 Å². The van der Waals surface area contributed by atoms with E-state index >= 15 is 0 Å². The van der Waals surface area contributed by atoms with Crippen molar-refractivity contribution in [2.24, 2.45) is 0 Å². The molecule has 0 saturated heterocycles. The zero-order valence-electron chi connectivity index (χ0n) is 19.1. The highest BCUT2D eigenvalue weighted by molar-refractivity contribution is 7.99. The number of anilines is 1. The van der Waals surface area contributed by atoms with E-state index in [2.05, 4.69) is 16.3 Å². The zero-order chi connectivity index (χ0) is 24.7. The summed E-state index contributed by atoms with van der Waals surface area (Å²) in [6.07, 6.45) is 7.73. The second-order valence-corrected chi connectivity index (χ2v) is 10.1. The highest BCUT2D eigenvalue weighted by atomic mass is 32.2. The molecule has 1 aliphatic rings. The maximum atomic E-state index is 13.6. The Hall–Kier alpha value is -3.39. The predicted octanol–water partition coefficient (Wildman–Crippen LogP) is 4.09. The van der Waals surface area contributed by atoms with Crippen molar-refractivity contribution < 1.29 is 14.6 Å². The smallest absolute Gasteiger partial charge is 0.125 e. The molecule has 0 bridgehead atoms. The van der Waals surface area contributed by atoms with Gasteiger partial charge < -0.3 is 15.9 Å². The summed E-state index contributed by atoms with van der Waals surface area (Å²) in [6.45, 7) is 1.78. The lowest BCUT2D eigenvalue weighted by atomic mass is 9.83. The number of pyridine rings is 1. The Kier molecular flexibility index (Phi) is 6.01. The highest BCUT2D eigenvalue weighted by Gasteiger charge is 2.34. The normalized spacial score (nSPS) is 20.3. The van der Waals surface area contributed by atoms with Crippen molar-refractivity contribution in [3.8, 4) is 17.2 Å². The number of fused-ring (bicyclic) bond motifs is 1. The molecule has 0 aliphatic heterocycles. The monoisotopic (exact) mass is 492 g/mol. The van der Waals surface area contributed by atoms with Crippen LogP contribution in [0.1, 0.15) is 43.0 Å². The number of halogens is 1. The van der Waals surface area contributed by atoms with E-state index in [0.29, 0.717) is 34.5 Å². The number of aromatic nitrogens is 4. The number of hydrogen-bond donors (Lipinski definition) is 3. The molecule has 1 fully saturated rings. The van der Waals surface area contributed by atoms with Crippen LogP contribution in [0.5, 0.6) is 0 Å². The van der Waals surface area contributed by atoms with Crippen LogP contribution in [0.2, 0.25) is 0 Å². The highest BCUT2D eigenvalue weighted by Crippen LogP contribution is 2.40. The third kappa shape index (κ3) is 4.27. The minimum absolute atomic E-state index is 0.141. The van der Waals surface area contributed by atoms with Gasteiger partial charge in [0.15, 0.2) is 0 Å². The molecule has 8 nitrogen and oxygen atoms in total. The van der Waals surface area contributed by atoms with Gasteiger partial charge in [0.05, 0.1) is 41.7 Å². The van der Waals surface area contributed by atoms with Gasteiger partial charge in [-0.15, -0.1) is 0 Å². The molecule has 0 spiro atoms. The third-order valence-corrected chi connectivity index (χ3v) is 7.89. The summed E-state index contributed by atoms with van der Waals surface area (Å²) >= 11 is 1.36. The van der Waals surface area contributed by atoms with E-state index in [-0.39, 0.29) is 12.6 Å². The molecule has 1 aliphatic carbocycles. The van der Waals surface area contributed by atoms with E-state index in [1.807, 2.05) is 30.1 Å². The number of nitrogen functional groups attached to an aromatic ring is 1. The molecule has 3 heterocycles. The standard InChI is InChI=1S/C25H25FN6O2S/c1-15-20(12-30-32(15)19-4-6-25(34,14-33)7-5-19)16-8-23(24-17(10-27)11-29-31(24)13-16)35-22-3-2-18(26)9-21(22)28/h2-3,8-9,11-13,19,33-34H,4-7,14,28H2,1H3. The van der Waals surface area contributed by atoms with Gasteiger partial charge in [0.2, 0.25) is 0 Å². The van der Waals surface area contributed by atoms with Crippen LogP contribution in [0.3, 0.4) is 0 Å². The lowest BCUT2D eigenvalue weighted by Gasteiger charge is -2.35. The Labute approximate surface area is 205 Å². The van der Waals surface area contributed by atoms with E-state index in [4.69, 9.17) is 5.73 Å². The van der Waals surface area contributed by atoms with Crippen LogP contribution in [0.25, 0.3) is 16.6 Å². The quantitative estimate of drug-likeness (QED) is 0.358. The molecule has 10 heteroatoms. The van der Waals surface area contributed by atoms with E-state index in [0.717, 1.165) is 34.6 Å². The van der Waals surface area contributed by atoms with Crippen molar-refractivity contribution in [1.29, 1.82) is 5.26 Å². The van der Waals surface area contributed by atoms with Crippen LogP contribution >= 0.6 is 11.8 Å². The SMILES string of the molecule is Cc1c(-c2cc(Sc3ccc(F)cc3N)c3c(C#N)cnn3c2)cnn1C1CCC(O)(CO)CC1. The van der Waals surface area contributed by atoms with E-state index in [1.54, 1.807) is 10.6 Å². The molecule has 1 aromatic carbocycles. The first kappa shape index (κ1) is 23.4. The van der Waals surface area contributed by atoms with Gasteiger partial charge in [-0.3, -0.25) is 4.68 Å². The van der Waals surface area contributed by atoms with Crippen LogP contribution in [-0.2, 0) is 0 Å². The first-order valence-corrected chi connectivity index (χ1v) is 12.2. The fraction of sp³-hybridized carbons (Fsp3) is 0.320. The molecular weight excluding hydrogens is 467 g/mol. The summed E-state index contributed by atoms with van der Waals surface area (Å²) in [5.41, 5.74) is 9.25. The molecule has 4 aromatic rings. The van der Waals surface area contributed by atoms with Crippen LogP contribution in [-0.4, -0.2) is 41.8 Å². The Morgan fingerprint density at radius 1 is 1.23 bits per heavy atom. The summed E-state index contributed by atoms with van der Waals surface area (Å²) < 4.78 is 17.2. The Morgan fingerprint density at radius 2 is 2.00 bits per heavy atom. The fourth-order valence-corrected chi connectivity index (χ4v) is 5.78. The van der Waals surface area contributed by atoms with Crippen molar-refractivity contribution in [3.05, 3.63) is 59.9 Å². The third-order valence-electron chi connectivity index (χ3n) is 6.77. The Morgan fingerprint density at radius 3 is 2.69 bits per heavy atom. The van der Waals surface area contributed by atoms with Gasteiger partial charge >= 0.3 is 0 Å². The lowest BCUT2D eigenvalue weighted by molar-refractivity contribution is -0.0512. The van der Waals surface area contributed by atoms with Crippen molar-refractivity contribution in [2.75, 3.05) is 12.3 Å². The van der Waals surface area contributed by atoms with Gasteiger partial charge in [-0.2, -0.15) is 15.5 Å². The molecule has 35 heavy (non-hydrogen) atoms. The number of benzene rings is 1. The number of aliphatic hydroxyl groups is 2. The molecule has 4 N–H and O–H groups in total. The van der Waals surface area contributed by atoms with Gasteiger partial charge in [-0.1, -0.05) is 11.8 Å². The molecule has 1 saturated carbocycles. The zero-order valence-corrected chi connectivity index (χ0v) is 20.0. The van der Waals surface area contributed by atoms with Gasteiger partial charge in [0, 0.05) is 38.5 Å². The second-order valence-electron chi connectivity index (χ2n) is 9.04. The minimum Gasteiger partial charge on any atom is -0.398 e. The molecule has 0 atom stereocenters. The number of nitrogens with two attached hydrogens (primary N) is 1. The molecule has 3 aromatic heterocycles. The van der Waals surface area contributed by atoms with Crippen LogP contribution in [0.15, 0.2) is 52.6 Å². The van der Waals surface area contributed by atoms with Crippen molar-refractivity contribution in [2.45, 2.75) is 54.0 Å². The first-order chi connectivity index (χ1) is 16.8. The van der Waals surface area contributed by atoms with Crippen molar-refractivity contribution in [3.63, 3.8) is 0 Å². The summed E-state index contributed by atoms with van der Waals surface area (Å²) in [5, 5.41) is 38.4. The Bertz CT molecular complexity index is 1450. The molecular formula is C25H25FN6O2S. The van der Waals surface area contributed by atoms with E-state index in [1.165, 1.54) is 30.1 Å². The van der Waals surface area contributed by atoms with Gasteiger partial charge in [-0.05, 0) is 56.9 Å². The van der Waals surface area contributed by atoms with E-state index < -0.39 is 11.4 Å². The molecule has 0 amide bonds. The molecule has 5 rings (SSSR count). The number of hydrogen-bond acceptors (Lipinski definition) is 7. The maximum Gasteiger partial charge on any atom is 0.125 e. The maximum absolute atomic E-state index is 13.6. The number of nitrogens with zero attached hydrogens (tertiary/aromatic N) is 5. The number of aliphatic hydroxyl groups excluding tert-OH is 1. The molecule has 180 valence electrons. The summed E-state index contributed by atoms with van der Waals surface area (Å²) in [6, 6.07) is 8.57. The summed E-state index contributed by atoms with van der Waals surface area (Å²) in [4.78, 5) is 1.45. The predicted molar refractivity (Wildman–Crippen MR) is 130 cm³/mol. The Balaban J connectivity index is 1.54. The van der Waals surface area contributed by atoms with Crippen molar-refractivity contribution >= 4 is 23.0 Å². The van der Waals surface area contributed by atoms with Crippen LogP contribution in [0, 0.1) is 24.1 Å². The molecule has 0 radical (unpaired) electrons. The van der Waals surface area contributed by atoms with Crippen LogP contribution < -0.4 is 5.73 Å². The minimum atomic E-state index is -1.00. The average Bonchev–Trinajstić information content (AvgIpc) is 3.44. The second kappa shape index (κ2) is 9.00. The van der Waals surface area contributed by atoms with Crippen molar-refractivity contribution in [1.82, 2.24) is 19.4 Å². The lowest BCUT2D eigenvalue weighted by Crippen LogP contribution is -2.38. The van der Waals surface area contributed by atoms with Gasteiger partial charge in [0.1, 0.15) is 11.9 Å². The first-order valence-electron chi connectivity index (χ1n) is 11.3.